The van der Waals surface area contributed by atoms with E-state index in [0.29, 0.717) is 13.1 Å². The molecule has 2 fully saturated rings. The summed E-state index contributed by atoms with van der Waals surface area (Å²) < 4.78 is 5.66. The molecule has 1 aliphatic carbocycles. The Kier molecular flexibility index (Phi) is 6.32. The van der Waals surface area contributed by atoms with Crippen LogP contribution in [0.25, 0.3) is 0 Å². The van der Waals surface area contributed by atoms with Gasteiger partial charge < -0.3 is 15.8 Å². The Balaban J connectivity index is 0.00000192. The molecule has 1 saturated carbocycles. The van der Waals surface area contributed by atoms with Gasteiger partial charge in [0.15, 0.2) is 0 Å². The lowest BCUT2D eigenvalue weighted by Gasteiger charge is -2.42. The van der Waals surface area contributed by atoms with Crippen molar-refractivity contribution in [3.63, 3.8) is 0 Å². The van der Waals surface area contributed by atoms with E-state index in [2.05, 4.69) is 17.4 Å². The molecular formula is C17H24Cl2N2O2. The van der Waals surface area contributed by atoms with Gasteiger partial charge in [0.1, 0.15) is 6.10 Å². The molecule has 1 saturated heterocycles. The highest BCUT2D eigenvalue weighted by molar-refractivity contribution is 6.30. The van der Waals surface area contributed by atoms with Crippen molar-refractivity contribution >= 4 is 29.9 Å². The second-order valence-electron chi connectivity index (χ2n) is 6.42. The molecule has 1 aromatic carbocycles. The zero-order valence-electron chi connectivity index (χ0n) is 13.1. The number of hydrogen-bond donors (Lipinski definition) is 2. The Morgan fingerprint density at radius 1 is 1.30 bits per heavy atom. The highest BCUT2D eigenvalue weighted by atomic mass is 35.5. The summed E-state index contributed by atoms with van der Waals surface area (Å²) in [6, 6.07) is 7.99. The van der Waals surface area contributed by atoms with Crippen LogP contribution in [0.1, 0.15) is 37.7 Å². The lowest BCUT2D eigenvalue weighted by Crippen LogP contribution is -2.48. The van der Waals surface area contributed by atoms with Gasteiger partial charge in [-0.2, -0.15) is 0 Å². The van der Waals surface area contributed by atoms with Crippen LogP contribution in [0, 0.1) is 0 Å². The molecule has 6 heteroatoms. The molecule has 1 aromatic rings. The highest BCUT2D eigenvalue weighted by Gasteiger charge is 2.39. The van der Waals surface area contributed by atoms with Crippen molar-refractivity contribution in [2.75, 3.05) is 13.1 Å². The van der Waals surface area contributed by atoms with Crippen LogP contribution in [0.15, 0.2) is 24.3 Å². The molecule has 1 heterocycles. The van der Waals surface area contributed by atoms with Crippen molar-refractivity contribution in [3.8, 4) is 0 Å². The largest absolute Gasteiger partial charge is 0.364 e. The van der Waals surface area contributed by atoms with Gasteiger partial charge in [0, 0.05) is 23.5 Å². The fourth-order valence-electron chi connectivity index (χ4n) is 3.42. The molecule has 0 spiro atoms. The van der Waals surface area contributed by atoms with Crippen LogP contribution >= 0.6 is 24.0 Å². The van der Waals surface area contributed by atoms with Gasteiger partial charge in [-0.15, -0.1) is 12.4 Å². The number of carbonyl (C=O) groups is 1. The van der Waals surface area contributed by atoms with E-state index in [-0.39, 0.29) is 35.9 Å². The number of ether oxygens (including phenoxy) is 1. The average molecular weight is 359 g/mol. The average Bonchev–Trinajstić information content (AvgIpc) is 2.96. The lowest BCUT2D eigenvalue weighted by molar-refractivity contribution is -0.132. The zero-order valence-corrected chi connectivity index (χ0v) is 14.7. The second-order valence-corrected chi connectivity index (χ2v) is 6.85. The van der Waals surface area contributed by atoms with Crippen molar-refractivity contribution in [3.05, 3.63) is 34.9 Å². The van der Waals surface area contributed by atoms with Crippen LogP contribution in [0.3, 0.4) is 0 Å². The van der Waals surface area contributed by atoms with Crippen LogP contribution in [0.4, 0.5) is 0 Å². The first-order chi connectivity index (χ1) is 10.6. The third-order valence-electron chi connectivity index (χ3n) is 5.03. The molecule has 0 radical (unpaired) electrons. The Labute approximate surface area is 148 Å². The lowest BCUT2D eigenvalue weighted by atomic mass is 9.64. The first-order valence-electron chi connectivity index (χ1n) is 8.02. The fourth-order valence-corrected chi connectivity index (χ4v) is 3.54. The molecule has 23 heavy (non-hydrogen) atoms. The minimum absolute atomic E-state index is 0. The maximum atomic E-state index is 12.3. The third-order valence-corrected chi connectivity index (χ3v) is 5.28. The first kappa shape index (κ1) is 18.5. The minimum atomic E-state index is -0.337. The summed E-state index contributed by atoms with van der Waals surface area (Å²) in [7, 11) is 0. The summed E-state index contributed by atoms with van der Waals surface area (Å²) in [6.07, 6.45) is 4.74. The van der Waals surface area contributed by atoms with Gasteiger partial charge in [-0.1, -0.05) is 30.2 Å². The zero-order chi connectivity index (χ0) is 15.6. The second kappa shape index (κ2) is 7.84. The Hall–Kier alpha value is -0.810. The molecule has 4 nitrogen and oxygen atoms in total. The molecule has 2 aliphatic rings. The number of hydrogen-bond acceptors (Lipinski definition) is 3. The van der Waals surface area contributed by atoms with E-state index in [9.17, 15) is 4.79 Å². The Bertz CT molecular complexity index is 532. The number of carbonyl (C=O) groups excluding carboxylic acids is 1. The standard InChI is InChI=1S/C17H23ClN2O2.ClH/c18-13-4-2-12(3-5-13)17(8-1-9-17)11-20-16(21)15-7-6-14(10-19)22-15;/h2-5,14-15H,1,6-11,19H2,(H,20,21);1H/t14-,15+;/m1./s1. The smallest absolute Gasteiger partial charge is 0.249 e. The van der Waals surface area contributed by atoms with E-state index in [1.54, 1.807) is 0 Å². The van der Waals surface area contributed by atoms with Crippen molar-refractivity contribution in [1.29, 1.82) is 0 Å². The molecule has 0 bridgehead atoms. The van der Waals surface area contributed by atoms with Gasteiger partial charge in [-0.25, -0.2) is 0 Å². The molecule has 1 aliphatic heterocycles. The van der Waals surface area contributed by atoms with Crippen LogP contribution in [-0.2, 0) is 14.9 Å². The summed E-state index contributed by atoms with van der Waals surface area (Å²) >= 11 is 5.97. The topological polar surface area (TPSA) is 64.4 Å². The number of nitrogens with two attached hydrogens (primary N) is 1. The maximum absolute atomic E-state index is 12.3. The monoisotopic (exact) mass is 358 g/mol. The van der Waals surface area contributed by atoms with Gasteiger partial charge in [0.25, 0.3) is 0 Å². The van der Waals surface area contributed by atoms with Crippen molar-refractivity contribution in [1.82, 2.24) is 5.32 Å². The molecule has 1 amide bonds. The molecule has 0 unspecified atom stereocenters. The van der Waals surface area contributed by atoms with Crippen molar-refractivity contribution in [2.24, 2.45) is 5.73 Å². The predicted molar refractivity (Wildman–Crippen MR) is 94.2 cm³/mol. The maximum Gasteiger partial charge on any atom is 0.249 e. The summed E-state index contributed by atoms with van der Waals surface area (Å²) in [5.41, 5.74) is 6.91. The third kappa shape index (κ3) is 4.00. The summed E-state index contributed by atoms with van der Waals surface area (Å²) in [5.74, 6) is -0.00353. The minimum Gasteiger partial charge on any atom is -0.364 e. The molecule has 2 atom stereocenters. The van der Waals surface area contributed by atoms with E-state index in [1.807, 2.05) is 12.1 Å². The van der Waals surface area contributed by atoms with Gasteiger partial charge >= 0.3 is 0 Å². The molecule has 3 N–H and O–H groups in total. The number of halogens is 2. The van der Waals surface area contributed by atoms with Crippen LogP contribution in [0.2, 0.25) is 5.02 Å². The normalized spacial score (nSPS) is 25.3. The van der Waals surface area contributed by atoms with E-state index in [1.165, 1.54) is 12.0 Å². The van der Waals surface area contributed by atoms with Crippen LogP contribution in [-0.4, -0.2) is 31.2 Å². The molecular weight excluding hydrogens is 335 g/mol. The summed E-state index contributed by atoms with van der Waals surface area (Å²) in [4.78, 5) is 12.3. The predicted octanol–water partition coefficient (Wildman–Crippen LogP) is 2.81. The van der Waals surface area contributed by atoms with Gasteiger partial charge in [-0.05, 0) is 43.4 Å². The van der Waals surface area contributed by atoms with E-state index < -0.39 is 0 Å². The first-order valence-corrected chi connectivity index (χ1v) is 8.40. The van der Waals surface area contributed by atoms with Crippen molar-refractivity contribution in [2.45, 2.75) is 49.7 Å². The van der Waals surface area contributed by atoms with E-state index in [4.69, 9.17) is 22.1 Å². The van der Waals surface area contributed by atoms with Gasteiger partial charge in [-0.3, -0.25) is 4.79 Å². The van der Waals surface area contributed by atoms with E-state index in [0.717, 1.165) is 30.7 Å². The molecule has 128 valence electrons. The summed E-state index contributed by atoms with van der Waals surface area (Å²) in [5, 5.41) is 3.83. The number of nitrogens with one attached hydrogen (secondary N) is 1. The summed E-state index contributed by atoms with van der Waals surface area (Å²) in [6.45, 7) is 1.15. The highest BCUT2D eigenvalue weighted by Crippen LogP contribution is 2.43. The fraction of sp³-hybridized carbons (Fsp3) is 0.588. The quantitative estimate of drug-likeness (QED) is 0.850. The Morgan fingerprint density at radius 3 is 2.52 bits per heavy atom. The van der Waals surface area contributed by atoms with Gasteiger partial charge in [0.05, 0.1) is 6.10 Å². The van der Waals surface area contributed by atoms with E-state index >= 15 is 0 Å². The number of rotatable bonds is 5. The number of benzene rings is 1. The Morgan fingerprint density at radius 2 is 2.00 bits per heavy atom. The van der Waals surface area contributed by atoms with Gasteiger partial charge in [0.2, 0.25) is 5.91 Å². The molecule has 0 aromatic heterocycles. The van der Waals surface area contributed by atoms with Crippen LogP contribution in [0.5, 0.6) is 0 Å². The van der Waals surface area contributed by atoms with Crippen molar-refractivity contribution < 1.29 is 9.53 Å². The van der Waals surface area contributed by atoms with Crippen LogP contribution < -0.4 is 11.1 Å². The SMILES string of the molecule is Cl.NC[C@H]1CC[C@@H](C(=O)NCC2(c3ccc(Cl)cc3)CCC2)O1. The molecule has 3 rings (SSSR count). The number of amides is 1.